The number of rotatable bonds is 5. The third-order valence-electron chi connectivity index (χ3n) is 7.47. The molecule has 0 amide bonds. The highest BCUT2D eigenvalue weighted by Gasteiger charge is 2.45. The summed E-state index contributed by atoms with van der Waals surface area (Å²) in [5.41, 5.74) is 5.59. The molecule has 3 aliphatic rings. The van der Waals surface area contributed by atoms with Crippen molar-refractivity contribution >= 4 is 35.8 Å². The van der Waals surface area contributed by atoms with Crippen LogP contribution in [-0.2, 0) is 17.6 Å². The van der Waals surface area contributed by atoms with Crippen molar-refractivity contribution in [2.24, 2.45) is 4.99 Å². The van der Waals surface area contributed by atoms with Gasteiger partial charge in [-0.1, -0.05) is 13.8 Å². The molecule has 0 aliphatic carbocycles. The maximum Gasteiger partial charge on any atom is 0.303 e. The number of nitrogens with zero attached hydrogens (tertiary/aromatic N) is 1. The van der Waals surface area contributed by atoms with Crippen LogP contribution in [0.1, 0.15) is 50.7 Å². The van der Waals surface area contributed by atoms with E-state index < -0.39 is 14.0 Å². The third-order valence-corrected chi connectivity index (χ3v) is 13.3. The van der Waals surface area contributed by atoms with Gasteiger partial charge in [0.1, 0.15) is 14.6 Å². The van der Waals surface area contributed by atoms with Crippen molar-refractivity contribution < 1.29 is 14.9 Å². The zero-order valence-corrected chi connectivity index (χ0v) is 19.6. The van der Waals surface area contributed by atoms with Gasteiger partial charge in [-0.25, -0.2) is 9.98 Å². The first-order valence-corrected chi connectivity index (χ1v) is 14.0. The number of hydrogen-bond donors (Lipinski definition) is 3. The van der Waals surface area contributed by atoms with Gasteiger partial charge in [-0.3, -0.25) is 4.79 Å². The molecule has 1 atom stereocenters. The Labute approximate surface area is 184 Å². The van der Waals surface area contributed by atoms with Gasteiger partial charge in [0.15, 0.2) is 0 Å². The number of anilines is 1. The van der Waals surface area contributed by atoms with Gasteiger partial charge in [0.2, 0.25) is 5.36 Å². The maximum atomic E-state index is 11.4. The Hall–Kier alpha value is -2.47. The van der Waals surface area contributed by atoms with E-state index >= 15 is 0 Å². The minimum atomic E-state index is -2.22. The van der Waals surface area contributed by atoms with Crippen LogP contribution in [0, 0.1) is 0 Å². The molecule has 0 fully saturated rings. The largest absolute Gasteiger partial charge is 0.481 e. The number of benzene rings is 2. The summed E-state index contributed by atoms with van der Waals surface area (Å²) in [4.78, 5) is 20.2. The van der Waals surface area contributed by atoms with Crippen LogP contribution in [0.5, 0.6) is 0 Å². The summed E-state index contributed by atoms with van der Waals surface area (Å²) in [6, 6.07) is 10.4. The van der Waals surface area contributed by atoms with Crippen molar-refractivity contribution in [1.29, 1.82) is 0 Å². The number of nitrogens with one attached hydrogen (secondary N) is 2. The van der Waals surface area contributed by atoms with E-state index in [4.69, 9.17) is 4.99 Å². The summed E-state index contributed by atoms with van der Waals surface area (Å²) in [7, 11) is -2.22. The Morgan fingerprint density at radius 2 is 2.00 bits per heavy atom. The van der Waals surface area contributed by atoms with E-state index in [9.17, 15) is 9.90 Å². The second kappa shape index (κ2) is 7.90. The zero-order chi connectivity index (χ0) is 21.6. The average Bonchev–Trinajstić information content (AvgIpc) is 2.75. The fourth-order valence-corrected chi connectivity index (χ4v) is 11.2. The van der Waals surface area contributed by atoms with E-state index in [2.05, 4.69) is 48.4 Å². The first kappa shape index (κ1) is 20.4. The maximum absolute atomic E-state index is 11.4. The first-order chi connectivity index (χ1) is 15.0. The van der Waals surface area contributed by atoms with Gasteiger partial charge in [0, 0.05) is 36.7 Å². The Kier molecular flexibility index (Phi) is 5.20. The smallest absolute Gasteiger partial charge is 0.303 e. The monoisotopic (exact) mass is 434 g/mol. The van der Waals surface area contributed by atoms with E-state index in [0.29, 0.717) is 12.0 Å². The Morgan fingerprint density at radius 3 is 2.81 bits per heavy atom. The van der Waals surface area contributed by atoms with Crippen molar-refractivity contribution in [3.8, 4) is 0 Å². The van der Waals surface area contributed by atoms with Crippen LogP contribution in [-0.4, -0.2) is 32.2 Å². The van der Waals surface area contributed by atoms with Gasteiger partial charge >= 0.3 is 5.97 Å². The van der Waals surface area contributed by atoms with Crippen LogP contribution < -0.4 is 31.4 Å². The molecule has 3 aliphatic heterocycles. The van der Waals surface area contributed by atoms with Crippen LogP contribution in [0.15, 0.2) is 29.3 Å². The minimum absolute atomic E-state index is 0.232. The summed E-state index contributed by atoms with van der Waals surface area (Å²) < 4.78 is 0. The molecule has 0 radical (unpaired) electrons. The SMILES string of the molecule is CC(C)[Si]1(CCCC(=O)O)c2cc3c(cc2N=c2cc4c(cc21)=[NH+]CCC4)CCCN3. The fraction of sp³-hybridized carbons (Fsp3) is 0.480. The molecule has 3 N–H and O–H groups in total. The molecule has 162 valence electrons. The molecule has 0 aromatic heterocycles. The summed E-state index contributed by atoms with van der Waals surface area (Å²) >= 11 is 0. The zero-order valence-electron chi connectivity index (χ0n) is 18.6. The van der Waals surface area contributed by atoms with Crippen LogP contribution in [0.4, 0.5) is 11.4 Å². The van der Waals surface area contributed by atoms with Crippen LogP contribution in [0.2, 0.25) is 11.6 Å². The van der Waals surface area contributed by atoms with Crippen molar-refractivity contribution in [2.75, 3.05) is 18.4 Å². The topological polar surface area (TPSA) is 75.7 Å². The lowest BCUT2D eigenvalue weighted by Crippen LogP contribution is -2.80. The van der Waals surface area contributed by atoms with Crippen molar-refractivity contribution in [3.63, 3.8) is 0 Å². The van der Waals surface area contributed by atoms with Crippen LogP contribution in [0.3, 0.4) is 0 Å². The summed E-state index contributed by atoms with van der Waals surface area (Å²) in [6.45, 7) is 6.72. The van der Waals surface area contributed by atoms with Gasteiger partial charge < -0.3 is 10.4 Å². The molecule has 6 heteroatoms. The van der Waals surface area contributed by atoms with E-state index in [-0.39, 0.29) is 6.42 Å². The second-order valence-corrected chi connectivity index (χ2v) is 14.3. The van der Waals surface area contributed by atoms with E-state index in [1.165, 1.54) is 32.5 Å². The number of carboxylic acid groups (broad SMARTS) is 1. The van der Waals surface area contributed by atoms with Gasteiger partial charge in [-0.2, -0.15) is 0 Å². The number of hydrogen-bond acceptors (Lipinski definition) is 3. The number of aryl methyl sites for hydroxylation is 2. The molecular weight excluding hydrogens is 402 g/mol. The van der Waals surface area contributed by atoms with Gasteiger partial charge in [0.25, 0.3) is 0 Å². The summed E-state index contributed by atoms with van der Waals surface area (Å²) in [5.74, 6) is -0.701. The molecule has 1 unspecified atom stereocenters. The number of aliphatic carboxylic acids is 1. The number of carbonyl (C=O) groups is 1. The first-order valence-electron chi connectivity index (χ1n) is 11.7. The molecule has 3 heterocycles. The molecule has 0 saturated carbocycles. The average molecular weight is 435 g/mol. The van der Waals surface area contributed by atoms with E-state index in [1.807, 2.05) is 0 Å². The molecular formula is C25H32N3O2Si+. The third kappa shape index (κ3) is 3.41. The molecule has 5 nitrogen and oxygen atoms in total. The van der Waals surface area contributed by atoms with Crippen molar-refractivity contribution in [3.05, 3.63) is 46.1 Å². The molecule has 31 heavy (non-hydrogen) atoms. The predicted molar refractivity (Wildman–Crippen MR) is 125 cm³/mol. The summed E-state index contributed by atoms with van der Waals surface area (Å²) in [5, 5.41) is 18.1. The highest BCUT2D eigenvalue weighted by atomic mass is 28.3. The Bertz CT molecular complexity index is 1170. The molecule has 0 spiro atoms. The quantitative estimate of drug-likeness (QED) is 0.609. The van der Waals surface area contributed by atoms with Crippen molar-refractivity contribution in [1.82, 2.24) is 0 Å². The standard InChI is InChI=1S/C25H31N3O2Si/c1-16(2)31(11-5-8-25(29)30)23-14-19-17(6-3-9-26-19)12-21(23)28-22-13-18-7-4-10-27-20(18)15-24(22)31/h12-16,26H,3-11H2,1-2H3,(H,29,30)/p+1. The van der Waals surface area contributed by atoms with Gasteiger partial charge in [-0.15, -0.1) is 0 Å². The van der Waals surface area contributed by atoms with Crippen LogP contribution >= 0.6 is 0 Å². The molecule has 0 saturated heterocycles. The Balaban J connectivity index is 1.78. The number of carboxylic acids is 1. The number of fused-ring (bicyclic) bond motifs is 4. The highest BCUT2D eigenvalue weighted by Crippen LogP contribution is 2.35. The normalized spacial score (nSPS) is 21.0. The molecule has 2 aromatic carbocycles. The lowest BCUT2D eigenvalue weighted by atomic mass is 10.0. The van der Waals surface area contributed by atoms with E-state index in [0.717, 1.165) is 55.9 Å². The predicted octanol–water partition coefficient (Wildman–Crippen LogP) is 0.794. The molecule has 2 aromatic rings. The highest BCUT2D eigenvalue weighted by molar-refractivity contribution is 7.04. The molecule has 5 rings (SSSR count). The van der Waals surface area contributed by atoms with Gasteiger partial charge in [-0.05, 0) is 71.4 Å². The minimum Gasteiger partial charge on any atom is -0.481 e. The van der Waals surface area contributed by atoms with E-state index in [1.54, 1.807) is 0 Å². The molecule has 0 bridgehead atoms. The summed E-state index contributed by atoms with van der Waals surface area (Å²) in [6.07, 6.45) is 5.46. The second-order valence-electron chi connectivity index (χ2n) is 9.60. The van der Waals surface area contributed by atoms with Crippen LogP contribution in [0.25, 0.3) is 0 Å². The van der Waals surface area contributed by atoms with Gasteiger partial charge in [0.05, 0.1) is 11.0 Å². The lowest BCUT2D eigenvalue weighted by Gasteiger charge is -2.40. The van der Waals surface area contributed by atoms with Crippen molar-refractivity contribution in [2.45, 2.75) is 64.0 Å². The fourth-order valence-electron chi connectivity index (χ4n) is 5.88. The lowest BCUT2D eigenvalue weighted by molar-refractivity contribution is -0.505. The Morgan fingerprint density at radius 1 is 1.16 bits per heavy atom.